The number of carbonyl (C=O) groups excluding carboxylic acids is 1. The molecule has 1 aliphatic carbocycles. The van der Waals surface area contributed by atoms with Crippen LogP contribution in [0.5, 0.6) is 11.5 Å². The molecule has 0 spiro atoms. The zero-order valence-corrected chi connectivity index (χ0v) is 14.4. The van der Waals surface area contributed by atoms with E-state index >= 15 is 0 Å². The molecule has 0 fully saturated rings. The highest BCUT2D eigenvalue weighted by Crippen LogP contribution is 2.31. The fraction of sp³-hybridized carbons (Fsp3) is 0.421. The number of carbonyl (C=O) groups is 1. The normalized spacial score (nSPS) is 16.2. The van der Waals surface area contributed by atoms with E-state index in [-0.39, 0.29) is 5.91 Å². The molecule has 1 aromatic heterocycles. The Morgan fingerprint density at radius 3 is 2.79 bits per heavy atom. The summed E-state index contributed by atoms with van der Waals surface area (Å²) in [6.07, 6.45) is 6.01. The van der Waals surface area contributed by atoms with Gasteiger partial charge in [-0.25, -0.2) is 0 Å². The number of amides is 1. The van der Waals surface area contributed by atoms with E-state index in [0.29, 0.717) is 19.8 Å². The van der Waals surface area contributed by atoms with Crippen LogP contribution in [0.1, 0.15) is 44.9 Å². The van der Waals surface area contributed by atoms with Gasteiger partial charge in [-0.1, -0.05) is 12.5 Å². The molecule has 0 radical (unpaired) electrons. The van der Waals surface area contributed by atoms with E-state index in [1.807, 2.05) is 18.2 Å². The Kier molecular flexibility index (Phi) is 4.43. The maximum atomic E-state index is 12.5. The highest BCUT2D eigenvalue weighted by atomic mass is 32.1. The van der Waals surface area contributed by atoms with Gasteiger partial charge >= 0.3 is 0 Å². The lowest BCUT2D eigenvalue weighted by atomic mass is 10.1. The number of thiophene rings is 1. The van der Waals surface area contributed by atoms with E-state index < -0.39 is 0 Å². The summed E-state index contributed by atoms with van der Waals surface area (Å²) in [4.78, 5) is 14.7. The lowest BCUT2D eigenvalue weighted by Gasteiger charge is -2.18. The monoisotopic (exact) mass is 343 g/mol. The van der Waals surface area contributed by atoms with E-state index in [0.717, 1.165) is 34.8 Å². The third-order valence-electron chi connectivity index (χ3n) is 4.53. The van der Waals surface area contributed by atoms with Gasteiger partial charge in [0, 0.05) is 11.4 Å². The first-order chi connectivity index (χ1) is 11.8. The first kappa shape index (κ1) is 15.5. The molecule has 2 heterocycles. The lowest BCUT2D eigenvalue weighted by molar-refractivity contribution is 0.0955. The van der Waals surface area contributed by atoms with Gasteiger partial charge in [0.05, 0.1) is 4.88 Å². The van der Waals surface area contributed by atoms with E-state index in [2.05, 4.69) is 11.4 Å². The molecular weight excluding hydrogens is 322 g/mol. The van der Waals surface area contributed by atoms with Crippen molar-refractivity contribution < 1.29 is 14.3 Å². The van der Waals surface area contributed by atoms with Crippen molar-refractivity contribution in [1.82, 2.24) is 5.32 Å². The van der Waals surface area contributed by atoms with Crippen LogP contribution in [-0.4, -0.2) is 19.1 Å². The van der Waals surface area contributed by atoms with Crippen LogP contribution in [0.25, 0.3) is 0 Å². The Balaban J connectivity index is 1.41. The minimum absolute atomic E-state index is 0.0166. The molecule has 126 valence electrons. The highest BCUT2D eigenvalue weighted by molar-refractivity contribution is 7.14. The van der Waals surface area contributed by atoms with E-state index in [9.17, 15) is 4.79 Å². The summed E-state index contributed by atoms with van der Waals surface area (Å²) in [5, 5.41) is 3.02. The minimum Gasteiger partial charge on any atom is -0.486 e. The van der Waals surface area contributed by atoms with Gasteiger partial charge in [0.15, 0.2) is 11.5 Å². The molecule has 0 unspecified atom stereocenters. The fourth-order valence-corrected chi connectivity index (χ4v) is 4.42. The summed E-state index contributed by atoms with van der Waals surface area (Å²) in [7, 11) is 0. The molecule has 5 heteroatoms. The first-order valence-corrected chi connectivity index (χ1v) is 9.39. The van der Waals surface area contributed by atoms with Crippen molar-refractivity contribution >= 4 is 17.2 Å². The predicted molar refractivity (Wildman–Crippen MR) is 94.2 cm³/mol. The number of nitrogens with one attached hydrogen (secondary N) is 1. The number of benzene rings is 1. The van der Waals surface area contributed by atoms with Crippen LogP contribution in [0.2, 0.25) is 0 Å². The van der Waals surface area contributed by atoms with Crippen LogP contribution < -0.4 is 14.8 Å². The SMILES string of the molecule is O=C(NCc1ccc2c(c1)OCCO2)c1cc2c(s1)CCCCC2. The number of ether oxygens (including phenoxy) is 2. The molecule has 1 amide bonds. The van der Waals surface area contributed by atoms with Gasteiger partial charge in [-0.15, -0.1) is 11.3 Å². The molecule has 2 aliphatic rings. The topological polar surface area (TPSA) is 47.6 Å². The average molecular weight is 343 g/mol. The zero-order valence-electron chi connectivity index (χ0n) is 13.6. The number of fused-ring (bicyclic) bond motifs is 2. The van der Waals surface area contributed by atoms with Crippen LogP contribution in [0.4, 0.5) is 0 Å². The van der Waals surface area contributed by atoms with Gasteiger partial charge < -0.3 is 14.8 Å². The second kappa shape index (κ2) is 6.85. The van der Waals surface area contributed by atoms with Crippen LogP contribution >= 0.6 is 11.3 Å². The second-order valence-electron chi connectivity index (χ2n) is 6.28. The Morgan fingerprint density at radius 1 is 1.04 bits per heavy atom. The van der Waals surface area contributed by atoms with Gasteiger partial charge in [-0.2, -0.15) is 0 Å². The molecular formula is C19H21NO3S. The van der Waals surface area contributed by atoms with Crippen molar-refractivity contribution in [1.29, 1.82) is 0 Å². The van der Waals surface area contributed by atoms with Gasteiger partial charge in [0.1, 0.15) is 13.2 Å². The molecule has 4 rings (SSSR count). The largest absolute Gasteiger partial charge is 0.486 e. The zero-order chi connectivity index (χ0) is 16.4. The van der Waals surface area contributed by atoms with E-state index in [4.69, 9.17) is 9.47 Å². The Labute approximate surface area is 145 Å². The van der Waals surface area contributed by atoms with E-state index in [1.165, 1.54) is 29.7 Å². The van der Waals surface area contributed by atoms with Crippen LogP contribution in [0.15, 0.2) is 24.3 Å². The van der Waals surface area contributed by atoms with Crippen molar-refractivity contribution in [3.8, 4) is 11.5 Å². The molecule has 0 saturated heterocycles. The van der Waals surface area contributed by atoms with Gasteiger partial charge in [-0.05, 0) is 55.0 Å². The standard InChI is InChI=1S/C19H21NO3S/c21-19(18-11-14-4-2-1-3-5-17(14)24-18)20-12-13-6-7-15-16(10-13)23-9-8-22-15/h6-7,10-11H,1-5,8-9,12H2,(H,20,21). The maximum absolute atomic E-state index is 12.5. The third-order valence-corrected chi connectivity index (χ3v) is 5.77. The molecule has 24 heavy (non-hydrogen) atoms. The Morgan fingerprint density at radius 2 is 1.88 bits per heavy atom. The number of aryl methyl sites for hydroxylation is 2. The van der Waals surface area contributed by atoms with Crippen molar-refractivity contribution in [2.45, 2.75) is 38.6 Å². The van der Waals surface area contributed by atoms with Crippen LogP contribution in [0, 0.1) is 0 Å². The first-order valence-electron chi connectivity index (χ1n) is 8.58. The molecule has 1 N–H and O–H groups in total. The number of hydrogen-bond acceptors (Lipinski definition) is 4. The van der Waals surface area contributed by atoms with Crippen LogP contribution in [0.3, 0.4) is 0 Å². The third kappa shape index (κ3) is 3.26. The fourth-order valence-electron chi connectivity index (χ4n) is 3.25. The summed E-state index contributed by atoms with van der Waals surface area (Å²) >= 11 is 1.66. The molecule has 0 saturated carbocycles. The van der Waals surface area contributed by atoms with E-state index in [1.54, 1.807) is 11.3 Å². The van der Waals surface area contributed by atoms with Crippen molar-refractivity contribution in [3.05, 3.63) is 45.1 Å². The van der Waals surface area contributed by atoms with Gasteiger partial charge in [-0.3, -0.25) is 4.79 Å². The molecule has 1 aromatic carbocycles. The van der Waals surface area contributed by atoms with Crippen molar-refractivity contribution in [2.75, 3.05) is 13.2 Å². The summed E-state index contributed by atoms with van der Waals surface area (Å²) in [6, 6.07) is 7.91. The lowest BCUT2D eigenvalue weighted by Crippen LogP contribution is -2.22. The summed E-state index contributed by atoms with van der Waals surface area (Å²) < 4.78 is 11.1. The van der Waals surface area contributed by atoms with Gasteiger partial charge in [0.2, 0.25) is 0 Å². The molecule has 4 nitrogen and oxygen atoms in total. The smallest absolute Gasteiger partial charge is 0.261 e. The molecule has 0 atom stereocenters. The number of rotatable bonds is 3. The summed E-state index contributed by atoms with van der Waals surface area (Å²) in [5.41, 5.74) is 2.40. The minimum atomic E-state index is 0.0166. The average Bonchev–Trinajstić information content (AvgIpc) is 2.90. The van der Waals surface area contributed by atoms with Crippen molar-refractivity contribution in [2.24, 2.45) is 0 Å². The highest BCUT2D eigenvalue weighted by Gasteiger charge is 2.17. The quantitative estimate of drug-likeness (QED) is 0.864. The molecule has 2 aromatic rings. The van der Waals surface area contributed by atoms with Crippen molar-refractivity contribution in [3.63, 3.8) is 0 Å². The Hall–Kier alpha value is -2.01. The Bertz CT molecular complexity index is 730. The van der Waals surface area contributed by atoms with Crippen LogP contribution in [-0.2, 0) is 19.4 Å². The number of hydrogen-bond donors (Lipinski definition) is 1. The second-order valence-corrected chi connectivity index (χ2v) is 7.42. The summed E-state index contributed by atoms with van der Waals surface area (Å²) in [6.45, 7) is 1.66. The predicted octanol–water partition coefficient (Wildman–Crippen LogP) is 3.72. The molecule has 0 bridgehead atoms. The van der Waals surface area contributed by atoms with Gasteiger partial charge in [0.25, 0.3) is 5.91 Å². The summed E-state index contributed by atoms with van der Waals surface area (Å²) in [5.74, 6) is 1.55. The molecule has 1 aliphatic heterocycles. The maximum Gasteiger partial charge on any atom is 0.261 e.